The van der Waals surface area contributed by atoms with Crippen molar-refractivity contribution in [2.24, 2.45) is 5.92 Å². The van der Waals surface area contributed by atoms with E-state index in [4.69, 9.17) is 0 Å². The molecule has 0 spiro atoms. The molecule has 6 heteroatoms. The van der Waals surface area contributed by atoms with E-state index in [1.807, 2.05) is 0 Å². The van der Waals surface area contributed by atoms with E-state index in [9.17, 15) is 13.0 Å². The molecular weight excluding hydrogens is 407 g/mol. The van der Waals surface area contributed by atoms with Crippen LogP contribution < -0.4 is 29.6 Å². The fourth-order valence-electron chi connectivity index (χ4n) is 3.63. The summed E-state index contributed by atoms with van der Waals surface area (Å²) in [4.78, 5) is 0. The molecule has 174 valence electrons. The Kier molecular flexibility index (Phi) is 26.5. The molecule has 0 aliphatic carbocycles. The summed E-state index contributed by atoms with van der Waals surface area (Å²) < 4.78 is 36.9. The van der Waals surface area contributed by atoms with Crippen molar-refractivity contribution in [3.05, 3.63) is 12.2 Å². The van der Waals surface area contributed by atoms with E-state index in [1.165, 1.54) is 96.3 Å². The van der Waals surface area contributed by atoms with E-state index >= 15 is 0 Å². The van der Waals surface area contributed by atoms with Crippen LogP contribution in [0.5, 0.6) is 0 Å². The molecule has 0 aromatic carbocycles. The quantitative estimate of drug-likeness (QED) is 0.0782. The van der Waals surface area contributed by atoms with Gasteiger partial charge in [-0.2, -0.15) is 0 Å². The van der Waals surface area contributed by atoms with Gasteiger partial charge in [0.05, 0.1) is 6.61 Å². The molecule has 30 heavy (non-hydrogen) atoms. The second-order valence-corrected chi connectivity index (χ2v) is 9.46. The number of hydrogen-bond donors (Lipinski definition) is 0. The van der Waals surface area contributed by atoms with Gasteiger partial charge in [-0.15, -0.1) is 0 Å². The molecule has 1 atom stereocenters. The first kappa shape index (κ1) is 32.8. The maximum absolute atomic E-state index is 10.8. The number of allylic oxidation sites excluding steroid dienone is 1. The van der Waals surface area contributed by atoms with Crippen molar-refractivity contribution in [1.82, 2.24) is 0 Å². The van der Waals surface area contributed by atoms with Gasteiger partial charge in [-0.3, -0.25) is 4.18 Å². The van der Waals surface area contributed by atoms with E-state index in [0.29, 0.717) is 0 Å². The summed E-state index contributed by atoms with van der Waals surface area (Å²) in [6.45, 7) is 4.45. The van der Waals surface area contributed by atoms with Gasteiger partial charge in [-0.05, 0) is 19.3 Å². The molecule has 0 bridgehead atoms. The number of rotatable bonds is 22. The van der Waals surface area contributed by atoms with Crippen LogP contribution in [-0.4, -0.2) is 19.6 Å². The molecule has 0 rings (SSSR count). The molecule has 0 N–H and O–H groups in total. The minimum absolute atomic E-state index is 0. The zero-order chi connectivity index (χ0) is 21.6. The van der Waals surface area contributed by atoms with Crippen LogP contribution in [0.15, 0.2) is 12.2 Å². The largest absolute Gasteiger partial charge is 1.00 e. The maximum atomic E-state index is 10.8. The Morgan fingerprint density at radius 3 is 1.63 bits per heavy atom. The van der Waals surface area contributed by atoms with Crippen LogP contribution in [0.2, 0.25) is 0 Å². The summed E-state index contributed by atoms with van der Waals surface area (Å²) in [6.07, 6.45) is 26.5. The summed E-state index contributed by atoms with van der Waals surface area (Å²) in [7, 11) is -4.60. The molecule has 0 saturated heterocycles. The predicted molar refractivity (Wildman–Crippen MR) is 123 cm³/mol. The van der Waals surface area contributed by atoms with Crippen molar-refractivity contribution >= 4 is 10.4 Å². The van der Waals surface area contributed by atoms with Crippen molar-refractivity contribution in [3.63, 3.8) is 0 Å². The second kappa shape index (κ2) is 24.3. The third-order valence-electron chi connectivity index (χ3n) is 5.49. The van der Waals surface area contributed by atoms with Crippen LogP contribution in [0, 0.1) is 5.92 Å². The van der Waals surface area contributed by atoms with Crippen molar-refractivity contribution in [3.8, 4) is 0 Å². The molecule has 0 fully saturated rings. The van der Waals surface area contributed by atoms with Crippen LogP contribution >= 0.6 is 0 Å². The maximum Gasteiger partial charge on any atom is 1.00 e. The Morgan fingerprint density at radius 2 is 1.17 bits per heavy atom. The van der Waals surface area contributed by atoms with Crippen molar-refractivity contribution in [2.75, 3.05) is 6.61 Å². The minimum atomic E-state index is -4.60. The van der Waals surface area contributed by atoms with Gasteiger partial charge >= 0.3 is 29.6 Å². The predicted octanol–water partition coefficient (Wildman–Crippen LogP) is 4.70. The molecule has 0 aromatic rings. The normalized spacial score (nSPS) is 12.9. The zero-order valence-electron chi connectivity index (χ0n) is 20.2. The van der Waals surface area contributed by atoms with Gasteiger partial charge < -0.3 is 4.55 Å². The van der Waals surface area contributed by atoms with Gasteiger partial charge in [0.2, 0.25) is 10.4 Å². The SMILES string of the molecule is CCCCCCCCC/C=C/C(CCCCCCCCCCC)COS(=O)(=O)[O-].[Na+]. The molecule has 0 aromatic heterocycles. The summed E-state index contributed by atoms with van der Waals surface area (Å²) in [5.41, 5.74) is 0. The van der Waals surface area contributed by atoms with E-state index in [1.54, 1.807) is 0 Å². The number of unbranched alkanes of at least 4 members (excludes halogenated alkanes) is 15. The first-order valence-corrected chi connectivity index (χ1v) is 13.6. The van der Waals surface area contributed by atoms with E-state index < -0.39 is 10.4 Å². The number of hydrogen-bond acceptors (Lipinski definition) is 4. The summed E-state index contributed by atoms with van der Waals surface area (Å²) in [6, 6.07) is 0. The Labute approximate surface area is 210 Å². The Balaban J connectivity index is 0. The smallest absolute Gasteiger partial charge is 0.726 e. The second-order valence-electron chi connectivity index (χ2n) is 8.41. The summed E-state index contributed by atoms with van der Waals surface area (Å²) in [5, 5.41) is 0. The topological polar surface area (TPSA) is 66.4 Å². The van der Waals surface area contributed by atoms with Gasteiger partial charge in [-0.1, -0.05) is 122 Å². The van der Waals surface area contributed by atoms with E-state index in [2.05, 4.69) is 30.2 Å². The fourth-order valence-corrected chi connectivity index (χ4v) is 3.97. The Bertz CT molecular complexity index is 466. The summed E-state index contributed by atoms with van der Waals surface area (Å²) >= 11 is 0. The molecule has 1 unspecified atom stereocenters. The average Bonchev–Trinajstić information content (AvgIpc) is 2.68. The molecule has 0 aliphatic heterocycles. The minimum Gasteiger partial charge on any atom is -0.726 e. The van der Waals surface area contributed by atoms with Crippen molar-refractivity contribution < 1.29 is 46.7 Å². The molecule has 0 radical (unpaired) electrons. The van der Waals surface area contributed by atoms with Gasteiger partial charge in [0.1, 0.15) is 0 Å². The average molecular weight is 455 g/mol. The molecule has 0 amide bonds. The summed E-state index contributed by atoms with van der Waals surface area (Å²) in [5.74, 6) is 0.0211. The molecule has 0 aliphatic rings. The standard InChI is InChI=1S/C24H48O4S.Na/c1-3-5-7-9-11-13-15-17-19-21-24(23-28-29(25,26)27)22-20-18-16-14-12-10-8-6-4-2;/h19,21,24H,3-18,20,22-23H2,1-2H3,(H,25,26,27);/q;+1/p-1/b21-19+;. The molecule has 4 nitrogen and oxygen atoms in total. The Morgan fingerprint density at radius 1 is 0.733 bits per heavy atom. The van der Waals surface area contributed by atoms with Crippen molar-refractivity contribution in [2.45, 2.75) is 129 Å². The van der Waals surface area contributed by atoms with E-state index in [-0.39, 0.29) is 42.1 Å². The fraction of sp³-hybridized carbons (Fsp3) is 0.917. The van der Waals surface area contributed by atoms with Crippen LogP contribution in [0.25, 0.3) is 0 Å². The van der Waals surface area contributed by atoms with Gasteiger partial charge in [0.25, 0.3) is 0 Å². The first-order valence-electron chi connectivity index (χ1n) is 12.3. The third-order valence-corrected chi connectivity index (χ3v) is 5.91. The van der Waals surface area contributed by atoms with Crippen LogP contribution in [0.1, 0.15) is 129 Å². The van der Waals surface area contributed by atoms with Crippen molar-refractivity contribution in [1.29, 1.82) is 0 Å². The first-order chi connectivity index (χ1) is 14.0. The van der Waals surface area contributed by atoms with Crippen LogP contribution in [0.3, 0.4) is 0 Å². The molecule has 0 saturated carbocycles. The third kappa shape index (κ3) is 26.6. The monoisotopic (exact) mass is 454 g/mol. The molecular formula is C24H47NaO4S. The molecule has 0 heterocycles. The van der Waals surface area contributed by atoms with Gasteiger partial charge in [0.15, 0.2) is 0 Å². The zero-order valence-corrected chi connectivity index (χ0v) is 23.0. The van der Waals surface area contributed by atoms with Gasteiger partial charge in [0, 0.05) is 5.92 Å². The van der Waals surface area contributed by atoms with Gasteiger partial charge in [-0.25, -0.2) is 8.42 Å². The van der Waals surface area contributed by atoms with Crippen LogP contribution in [0.4, 0.5) is 0 Å². The van der Waals surface area contributed by atoms with E-state index in [0.717, 1.165) is 19.3 Å². The Hall–Kier alpha value is 0.610. The van der Waals surface area contributed by atoms with Crippen LogP contribution in [-0.2, 0) is 14.6 Å².